The van der Waals surface area contributed by atoms with Crippen LogP contribution >= 0.6 is 0 Å². The van der Waals surface area contributed by atoms with E-state index in [-0.39, 0.29) is 17.3 Å². The van der Waals surface area contributed by atoms with Gasteiger partial charge in [0.1, 0.15) is 5.82 Å². The molecule has 1 N–H and O–H groups in total. The second-order valence-electron chi connectivity index (χ2n) is 6.00. The van der Waals surface area contributed by atoms with E-state index < -0.39 is 6.10 Å². The Labute approximate surface area is 109 Å². The number of rotatable bonds is 3. The number of hydrogen-bond acceptors (Lipinski definition) is 2. The summed E-state index contributed by atoms with van der Waals surface area (Å²) in [5.41, 5.74) is 1.21. The van der Waals surface area contributed by atoms with Crippen molar-refractivity contribution in [2.45, 2.75) is 46.8 Å². The maximum atomic E-state index is 13.8. The van der Waals surface area contributed by atoms with E-state index in [9.17, 15) is 9.50 Å². The lowest BCUT2D eigenvalue weighted by Crippen LogP contribution is -2.40. The summed E-state index contributed by atoms with van der Waals surface area (Å²) in [5, 5.41) is 9.75. The Hall–Kier alpha value is -1.09. The van der Waals surface area contributed by atoms with Crippen molar-refractivity contribution in [3.63, 3.8) is 0 Å². The normalized spacial score (nSPS) is 15.3. The molecule has 1 aromatic rings. The van der Waals surface area contributed by atoms with Gasteiger partial charge in [0, 0.05) is 24.3 Å². The minimum absolute atomic E-state index is 0.0804. The molecule has 0 radical (unpaired) electrons. The van der Waals surface area contributed by atoms with E-state index in [4.69, 9.17) is 0 Å². The van der Waals surface area contributed by atoms with Gasteiger partial charge in [-0.25, -0.2) is 4.39 Å². The van der Waals surface area contributed by atoms with Gasteiger partial charge in [-0.3, -0.25) is 0 Å². The third-order valence-electron chi connectivity index (χ3n) is 3.66. The van der Waals surface area contributed by atoms with E-state index >= 15 is 0 Å². The van der Waals surface area contributed by atoms with Crippen LogP contribution in [0.1, 0.15) is 46.3 Å². The summed E-state index contributed by atoms with van der Waals surface area (Å²) in [6.45, 7) is 10.1. The second-order valence-corrected chi connectivity index (χ2v) is 6.00. The fraction of sp³-hybridized carbons (Fsp3) is 0.600. The highest BCUT2D eigenvalue weighted by molar-refractivity contribution is 5.55. The minimum Gasteiger partial charge on any atom is -0.389 e. The summed E-state index contributed by atoms with van der Waals surface area (Å²) in [5.74, 6) is -0.351. The molecule has 0 bridgehead atoms. The quantitative estimate of drug-likeness (QED) is 0.886. The summed E-state index contributed by atoms with van der Waals surface area (Å²) in [6.07, 6.45) is -0.809. The summed E-state index contributed by atoms with van der Waals surface area (Å²) in [4.78, 5) is 2.03. The molecule has 0 aliphatic heterocycles. The van der Waals surface area contributed by atoms with Gasteiger partial charge in [-0.2, -0.15) is 0 Å². The topological polar surface area (TPSA) is 23.5 Å². The van der Waals surface area contributed by atoms with Crippen molar-refractivity contribution in [2.24, 2.45) is 5.41 Å². The van der Waals surface area contributed by atoms with Gasteiger partial charge >= 0.3 is 0 Å². The Morgan fingerprint density at radius 2 is 1.78 bits per heavy atom. The van der Waals surface area contributed by atoms with Crippen LogP contribution in [0.15, 0.2) is 18.2 Å². The van der Waals surface area contributed by atoms with Crippen molar-refractivity contribution in [3.8, 4) is 0 Å². The van der Waals surface area contributed by atoms with Crippen molar-refractivity contribution < 1.29 is 9.50 Å². The van der Waals surface area contributed by atoms with Crippen molar-refractivity contribution in [2.75, 3.05) is 11.9 Å². The maximum absolute atomic E-state index is 13.8. The Bertz CT molecular complexity index is 409. The molecule has 2 unspecified atom stereocenters. The van der Waals surface area contributed by atoms with Crippen molar-refractivity contribution in [3.05, 3.63) is 29.6 Å². The van der Waals surface area contributed by atoms with Crippen LogP contribution in [0.3, 0.4) is 0 Å². The Morgan fingerprint density at radius 3 is 2.22 bits per heavy atom. The van der Waals surface area contributed by atoms with Gasteiger partial charge in [0.25, 0.3) is 0 Å². The third kappa shape index (κ3) is 3.02. The first-order valence-corrected chi connectivity index (χ1v) is 6.35. The molecule has 2 nitrogen and oxygen atoms in total. The lowest BCUT2D eigenvalue weighted by atomic mass is 9.86. The van der Waals surface area contributed by atoms with E-state index in [0.29, 0.717) is 5.56 Å². The molecule has 0 aromatic heterocycles. The summed E-state index contributed by atoms with van der Waals surface area (Å²) in [7, 11) is 1.94. The molecular formula is C15H24FNO. The molecule has 102 valence electrons. The Kier molecular flexibility index (Phi) is 4.38. The molecular weight excluding hydrogens is 229 g/mol. The van der Waals surface area contributed by atoms with Crippen molar-refractivity contribution in [1.29, 1.82) is 0 Å². The average molecular weight is 253 g/mol. The highest BCUT2D eigenvalue weighted by Gasteiger charge is 2.26. The van der Waals surface area contributed by atoms with Crippen molar-refractivity contribution >= 4 is 5.69 Å². The molecule has 18 heavy (non-hydrogen) atoms. The molecule has 0 aliphatic carbocycles. The zero-order valence-electron chi connectivity index (χ0n) is 12.2. The molecule has 2 atom stereocenters. The Morgan fingerprint density at radius 1 is 1.22 bits per heavy atom. The summed E-state index contributed by atoms with van der Waals surface area (Å²) >= 11 is 0. The number of hydrogen-bond donors (Lipinski definition) is 1. The largest absolute Gasteiger partial charge is 0.389 e. The van der Waals surface area contributed by atoms with Crippen LogP contribution < -0.4 is 4.90 Å². The lowest BCUT2D eigenvalue weighted by Gasteiger charge is -2.38. The molecule has 0 spiro atoms. The number of aliphatic hydroxyl groups is 1. The van der Waals surface area contributed by atoms with E-state index in [2.05, 4.69) is 27.7 Å². The number of halogens is 1. The lowest BCUT2D eigenvalue weighted by molar-refractivity contribution is 0.194. The maximum Gasteiger partial charge on any atom is 0.131 e. The number of anilines is 1. The van der Waals surface area contributed by atoms with Crippen LogP contribution in [0.5, 0.6) is 0 Å². The zero-order valence-corrected chi connectivity index (χ0v) is 12.2. The fourth-order valence-corrected chi connectivity index (χ4v) is 2.04. The first kappa shape index (κ1) is 15.0. The molecule has 1 aromatic carbocycles. The van der Waals surface area contributed by atoms with Gasteiger partial charge in [-0.1, -0.05) is 26.8 Å². The van der Waals surface area contributed by atoms with Crippen LogP contribution in [0.25, 0.3) is 0 Å². The predicted molar refractivity (Wildman–Crippen MR) is 74.4 cm³/mol. The molecule has 0 saturated heterocycles. The van der Waals surface area contributed by atoms with Crippen molar-refractivity contribution in [1.82, 2.24) is 0 Å². The van der Waals surface area contributed by atoms with Gasteiger partial charge in [-0.05, 0) is 31.4 Å². The van der Waals surface area contributed by atoms with Crippen LogP contribution in [0.4, 0.5) is 10.1 Å². The highest BCUT2D eigenvalue weighted by Crippen LogP contribution is 2.33. The summed E-state index contributed by atoms with van der Waals surface area (Å²) < 4.78 is 13.8. The number of aliphatic hydroxyl groups excluding tert-OH is 1. The highest BCUT2D eigenvalue weighted by atomic mass is 19.1. The Balaban J connectivity index is 3.21. The molecule has 0 heterocycles. The van der Waals surface area contributed by atoms with E-state index in [1.165, 1.54) is 6.07 Å². The molecule has 0 amide bonds. The third-order valence-corrected chi connectivity index (χ3v) is 3.66. The van der Waals surface area contributed by atoms with Gasteiger partial charge in [-0.15, -0.1) is 0 Å². The van der Waals surface area contributed by atoms with E-state index in [1.54, 1.807) is 13.0 Å². The fourth-order valence-electron chi connectivity index (χ4n) is 2.04. The molecule has 0 aliphatic rings. The first-order chi connectivity index (χ1) is 8.16. The average Bonchev–Trinajstić information content (AvgIpc) is 2.24. The monoisotopic (exact) mass is 253 g/mol. The SMILES string of the molecule is CC(O)c1c(F)cccc1N(C)C(C)C(C)(C)C. The minimum atomic E-state index is -0.809. The number of nitrogens with zero attached hydrogens (tertiary/aromatic N) is 1. The van der Waals surface area contributed by atoms with Gasteiger partial charge < -0.3 is 10.0 Å². The van der Waals surface area contributed by atoms with Crippen LogP contribution in [0.2, 0.25) is 0 Å². The molecule has 0 saturated carbocycles. The molecule has 3 heteroatoms. The van der Waals surface area contributed by atoms with Gasteiger partial charge in [0.15, 0.2) is 0 Å². The zero-order chi connectivity index (χ0) is 14.1. The number of benzene rings is 1. The molecule has 1 rings (SSSR count). The predicted octanol–water partition coefficient (Wildman–Crippen LogP) is 3.75. The molecule has 0 fully saturated rings. The van der Waals surface area contributed by atoms with Gasteiger partial charge in [0.2, 0.25) is 0 Å². The standard InChI is InChI=1S/C15H24FNO/c1-10(18)14-12(16)8-7-9-13(14)17(6)11(2)15(3,4)5/h7-11,18H,1-6H3. The van der Waals surface area contributed by atoms with Crippen LogP contribution in [0, 0.1) is 11.2 Å². The van der Waals surface area contributed by atoms with Crippen LogP contribution in [-0.4, -0.2) is 18.2 Å². The summed E-state index contributed by atoms with van der Waals surface area (Å²) in [6, 6.07) is 5.16. The van der Waals surface area contributed by atoms with Gasteiger partial charge in [0.05, 0.1) is 6.10 Å². The smallest absolute Gasteiger partial charge is 0.131 e. The van der Waals surface area contributed by atoms with E-state index in [0.717, 1.165) is 5.69 Å². The van der Waals surface area contributed by atoms with E-state index in [1.807, 2.05) is 18.0 Å². The first-order valence-electron chi connectivity index (χ1n) is 6.35. The van der Waals surface area contributed by atoms with Crippen LogP contribution in [-0.2, 0) is 0 Å². The second kappa shape index (κ2) is 5.27.